The summed E-state index contributed by atoms with van der Waals surface area (Å²) in [5.41, 5.74) is 2.78. The summed E-state index contributed by atoms with van der Waals surface area (Å²) in [6.45, 7) is 9.69. The standard InChI is InChI=1S/C16H29N3/c1-5-17-14-15-10-7-8-11-16(15)19(6-2)13-9-12-18(3)4/h7-8,10-11,17H,5-6,9,12-14H2,1-4H3. The number of rotatable bonds is 9. The lowest BCUT2D eigenvalue weighted by atomic mass is 10.1. The van der Waals surface area contributed by atoms with Crippen molar-refractivity contribution in [2.75, 3.05) is 45.2 Å². The normalized spacial score (nSPS) is 11.0. The summed E-state index contributed by atoms with van der Waals surface area (Å²) in [4.78, 5) is 4.73. The fraction of sp³-hybridized carbons (Fsp3) is 0.625. The van der Waals surface area contributed by atoms with Crippen LogP contribution in [-0.2, 0) is 6.54 Å². The Balaban J connectivity index is 2.68. The Labute approximate surface area is 118 Å². The SMILES string of the molecule is CCNCc1ccccc1N(CC)CCCN(C)C. The maximum atomic E-state index is 3.42. The van der Waals surface area contributed by atoms with Gasteiger partial charge in [-0.1, -0.05) is 25.1 Å². The van der Waals surface area contributed by atoms with E-state index < -0.39 is 0 Å². The van der Waals surface area contributed by atoms with E-state index in [1.807, 2.05) is 0 Å². The van der Waals surface area contributed by atoms with Gasteiger partial charge in [0, 0.05) is 25.3 Å². The summed E-state index contributed by atoms with van der Waals surface area (Å²) in [6.07, 6.45) is 1.20. The molecule has 1 N–H and O–H groups in total. The number of nitrogens with one attached hydrogen (secondary N) is 1. The zero-order chi connectivity index (χ0) is 14.1. The van der Waals surface area contributed by atoms with Crippen molar-refractivity contribution in [2.45, 2.75) is 26.8 Å². The molecule has 1 rings (SSSR count). The van der Waals surface area contributed by atoms with E-state index in [1.54, 1.807) is 0 Å². The van der Waals surface area contributed by atoms with Gasteiger partial charge in [-0.05, 0) is 52.2 Å². The number of benzene rings is 1. The fourth-order valence-electron chi connectivity index (χ4n) is 2.26. The number of hydrogen-bond donors (Lipinski definition) is 1. The molecule has 0 spiro atoms. The molecule has 3 heteroatoms. The zero-order valence-electron chi connectivity index (χ0n) is 12.9. The van der Waals surface area contributed by atoms with Crippen LogP contribution in [0.5, 0.6) is 0 Å². The van der Waals surface area contributed by atoms with E-state index in [0.717, 1.165) is 32.7 Å². The van der Waals surface area contributed by atoms with Crippen LogP contribution >= 0.6 is 0 Å². The molecule has 0 amide bonds. The summed E-state index contributed by atoms with van der Waals surface area (Å²) in [6, 6.07) is 8.74. The van der Waals surface area contributed by atoms with Gasteiger partial charge in [0.1, 0.15) is 0 Å². The topological polar surface area (TPSA) is 18.5 Å². The molecule has 1 aromatic rings. The third-order valence-electron chi connectivity index (χ3n) is 3.31. The van der Waals surface area contributed by atoms with Crippen LogP contribution in [0, 0.1) is 0 Å². The smallest absolute Gasteiger partial charge is 0.0411 e. The van der Waals surface area contributed by atoms with Crippen molar-refractivity contribution in [1.29, 1.82) is 0 Å². The van der Waals surface area contributed by atoms with Gasteiger partial charge in [-0.2, -0.15) is 0 Å². The second-order valence-electron chi connectivity index (χ2n) is 5.15. The summed E-state index contributed by atoms with van der Waals surface area (Å²) in [5, 5.41) is 3.42. The Bertz CT molecular complexity index is 350. The highest BCUT2D eigenvalue weighted by Crippen LogP contribution is 2.20. The first-order valence-electron chi connectivity index (χ1n) is 7.37. The van der Waals surface area contributed by atoms with Crippen molar-refractivity contribution in [2.24, 2.45) is 0 Å². The van der Waals surface area contributed by atoms with Gasteiger partial charge in [0.05, 0.1) is 0 Å². The third kappa shape index (κ3) is 5.62. The van der Waals surface area contributed by atoms with Crippen LogP contribution in [0.2, 0.25) is 0 Å². The van der Waals surface area contributed by atoms with E-state index in [2.05, 4.69) is 67.3 Å². The fourth-order valence-corrected chi connectivity index (χ4v) is 2.26. The number of anilines is 1. The van der Waals surface area contributed by atoms with Crippen molar-refractivity contribution >= 4 is 5.69 Å². The lowest BCUT2D eigenvalue weighted by Gasteiger charge is -2.26. The average molecular weight is 263 g/mol. The lowest BCUT2D eigenvalue weighted by Crippen LogP contribution is -2.28. The molecule has 0 aliphatic rings. The molecule has 0 aliphatic carbocycles. The quantitative estimate of drug-likeness (QED) is 0.739. The van der Waals surface area contributed by atoms with E-state index >= 15 is 0 Å². The maximum Gasteiger partial charge on any atom is 0.0411 e. The third-order valence-corrected chi connectivity index (χ3v) is 3.31. The van der Waals surface area contributed by atoms with Crippen LogP contribution < -0.4 is 10.2 Å². The number of para-hydroxylation sites is 1. The summed E-state index contributed by atoms with van der Waals surface area (Å²) >= 11 is 0. The predicted octanol–water partition coefficient (Wildman–Crippen LogP) is 2.57. The molecule has 0 unspecified atom stereocenters. The van der Waals surface area contributed by atoms with Gasteiger partial charge in [0.25, 0.3) is 0 Å². The zero-order valence-corrected chi connectivity index (χ0v) is 12.9. The van der Waals surface area contributed by atoms with Crippen molar-refractivity contribution in [3.63, 3.8) is 0 Å². The minimum atomic E-state index is 0.955. The molecular weight excluding hydrogens is 234 g/mol. The molecule has 0 saturated carbocycles. The van der Waals surface area contributed by atoms with Crippen LogP contribution in [0.25, 0.3) is 0 Å². The van der Waals surface area contributed by atoms with Gasteiger partial charge < -0.3 is 15.1 Å². The molecule has 0 saturated heterocycles. The van der Waals surface area contributed by atoms with Crippen LogP contribution in [0.15, 0.2) is 24.3 Å². The Morgan fingerprint density at radius 2 is 1.79 bits per heavy atom. The van der Waals surface area contributed by atoms with Gasteiger partial charge in [0.15, 0.2) is 0 Å². The van der Waals surface area contributed by atoms with Gasteiger partial charge in [-0.25, -0.2) is 0 Å². The van der Waals surface area contributed by atoms with Gasteiger partial charge in [-0.3, -0.25) is 0 Å². The predicted molar refractivity (Wildman–Crippen MR) is 84.9 cm³/mol. The van der Waals surface area contributed by atoms with Crippen molar-refractivity contribution in [3.8, 4) is 0 Å². The van der Waals surface area contributed by atoms with Gasteiger partial charge >= 0.3 is 0 Å². The molecule has 0 atom stereocenters. The maximum absolute atomic E-state index is 3.42. The molecule has 0 fully saturated rings. The molecule has 0 bridgehead atoms. The first kappa shape index (κ1) is 16.0. The Morgan fingerprint density at radius 1 is 1.05 bits per heavy atom. The van der Waals surface area contributed by atoms with Crippen LogP contribution in [-0.4, -0.2) is 45.2 Å². The van der Waals surface area contributed by atoms with E-state index in [9.17, 15) is 0 Å². The molecular formula is C16H29N3. The van der Waals surface area contributed by atoms with E-state index in [0.29, 0.717) is 0 Å². The largest absolute Gasteiger partial charge is 0.372 e. The molecule has 0 heterocycles. The molecule has 0 aliphatic heterocycles. The van der Waals surface area contributed by atoms with E-state index in [1.165, 1.54) is 17.7 Å². The summed E-state index contributed by atoms with van der Waals surface area (Å²) in [7, 11) is 4.27. The molecule has 3 nitrogen and oxygen atoms in total. The number of nitrogens with zero attached hydrogens (tertiary/aromatic N) is 2. The van der Waals surface area contributed by atoms with Gasteiger partial charge in [0.2, 0.25) is 0 Å². The van der Waals surface area contributed by atoms with Crippen molar-refractivity contribution in [3.05, 3.63) is 29.8 Å². The molecule has 0 radical (unpaired) electrons. The van der Waals surface area contributed by atoms with E-state index in [4.69, 9.17) is 0 Å². The molecule has 0 aromatic heterocycles. The minimum Gasteiger partial charge on any atom is -0.372 e. The minimum absolute atomic E-state index is 0.955. The first-order valence-corrected chi connectivity index (χ1v) is 7.37. The number of hydrogen-bond acceptors (Lipinski definition) is 3. The lowest BCUT2D eigenvalue weighted by molar-refractivity contribution is 0.400. The Morgan fingerprint density at radius 3 is 2.42 bits per heavy atom. The van der Waals surface area contributed by atoms with Crippen molar-refractivity contribution in [1.82, 2.24) is 10.2 Å². The van der Waals surface area contributed by atoms with Crippen LogP contribution in [0.3, 0.4) is 0 Å². The van der Waals surface area contributed by atoms with Crippen molar-refractivity contribution < 1.29 is 0 Å². The summed E-state index contributed by atoms with van der Waals surface area (Å²) in [5.74, 6) is 0. The second kappa shape index (κ2) is 8.94. The molecule has 108 valence electrons. The highest BCUT2D eigenvalue weighted by Gasteiger charge is 2.08. The Kier molecular flexibility index (Phi) is 7.53. The van der Waals surface area contributed by atoms with Crippen LogP contribution in [0.4, 0.5) is 5.69 Å². The first-order chi connectivity index (χ1) is 9.19. The second-order valence-corrected chi connectivity index (χ2v) is 5.15. The molecule has 19 heavy (non-hydrogen) atoms. The van der Waals surface area contributed by atoms with Crippen LogP contribution in [0.1, 0.15) is 25.8 Å². The molecule has 1 aromatic carbocycles. The van der Waals surface area contributed by atoms with Gasteiger partial charge in [-0.15, -0.1) is 0 Å². The van der Waals surface area contributed by atoms with E-state index in [-0.39, 0.29) is 0 Å². The Hall–Kier alpha value is -1.06. The highest BCUT2D eigenvalue weighted by atomic mass is 15.1. The average Bonchev–Trinajstić information content (AvgIpc) is 2.41. The summed E-state index contributed by atoms with van der Waals surface area (Å²) < 4.78 is 0. The highest BCUT2D eigenvalue weighted by molar-refractivity contribution is 5.53. The monoisotopic (exact) mass is 263 g/mol.